The number of halogens is 1. The summed E-state index contributed by atoms with van der Waals surface area (Å²) in [7, 11) is 1.59. The molecule has 0 saturated heterocycles. The van der Waals surface area contributed by atoms with Crippen LogP contribution in [0.3, 0.4) is 0 Å². The quantitative estimate of drug-likeness (QED) is 0.944. The topological polar surface area (TPSA) is 47.3 Å². The number of aliphatic hydroxyl groups excluding tert-OH is 1. The van der Waals surface area contributed by atoms with Gasteiger partial charge in [0, 0.05) is 4.47 Å². The molecule has 0 unspecified atom stereocenters. The van der Waals surface area contributed by atoms with E-state index < -0.39 is 0 Å². The monoisotopic (exact) mass is 310 g/mol. The number of aromatic nitrogens is 2. The molecule has 1 N–H and O–H groups in total. The molecular weight excluding hydrogens is 296 g/mol. The van der Waals surface area contributed by atoms with Crippen LogP contribution in [0, 0.1) is 0 Å². The minimum Gasteiger partial charge on any atom is -0.481 e. The van der Waals surface area contributed by atoms with E-state index in [9.17, 15) is 5.11 Å². The fraction of sp³-hybridized carbons (Fsp3) is 0.308. The van der Waals surface area contributed by atoms with Crippen molar-refractivity contribution in [2.45, 2.75) is 20.0 Å². The number of methoxy groups -OCH3 is 1. The van der Waals surface area contributed by atoms with Gasteiger partial charge in [-0.1, -0.05) is 28.9 Å². The molecule has 0 bridgehead atoms. The summed E-state index contributed by atoms with van der Waals surface area (Å²) < 4.78 is 8.06. The second-order valence-corrected chi connectivity index (χ2v) is 4.75. The van der Waals surface area contributed by atoms with Gasteiger partial charge >= 0.3 is 0 Å². The largest absolute Gasteiger partial charge is 0.481 e. The molecule has 1 aromatic heterocycles. The summed E-state index contributed by atoms with van der Waals surface area (Å²) in [5.74, 6) is 0.590. The van der Waals surface area contributed by atoms with Crippen molar-refractivity contribution in [3.05, 3.63) is 40.0 Å². The fourth-order valence-corrected chi connectivity index (χ4v) is 2.30. The first kappa shape index (κ1) is 13.1. The van der Waals surface area contributed by atoms with E-state index in [1.54, 1.807) is 11.8 Å². The molecule has 96 valence electrons. The Balaban J connectivity index is 2.60. The molecule has 1 heterocycles. The number of hydrogen-bond donors (Lipinski definition) is 1. The van der Waals surface area contributed by atoms with E-state index in [0.717, 1.165) is 27.8 Å². The Hall–Kier alpha value is -1.33. The van der Waals surface area contributed by atoms with Crippen molar-refractivity contribution in [2.75, 3.05) is 7.11 Å². The summed E-state index contributed by atoms with van der Waals surface area (Å²) in [6, 6.07) is 7.79. The van der Waals surface area contributed by atoms with Crippen molar-refractivity contribution >= 4 is 15.9 Å². The minimum absolute atomic E-state index is 0.0691. The van der Waals surface area contributed by atoms with Crippen molar-refractivity contribution in [3.8, 4) is 11.6 Å². The third kappa shape index (κ3) is 2.28. The summed E-state index contributed by atoms with van der Waals surface area (Å²) in [5, 5.41) is 13.9. The summed E-state index contributed by atoms with van der Waals surface area (Å²) in [5.41, 5.74) is 2.50. The van der Waals surface area contributed by atoms with Gasteiger partial charge in [0.25, 0.3) is 0 Å². The number of benzene rings is 1. The highest BCUT2D eigenvalue weighted by Gasteiger charge is 2.17. The molecule has 0 fully saturated rings. The van der Waals surface area contributed by atoms with Gasteiger partial charge in [-0.25, -0.2) is 4.68 Å². The smallest absolute Gasteiger partial charge is 0.222 e. The molecule has 18 heavy (non-hydrogen) atoms. The predicted molar refractivity (Wildman–Crippen MR) is 73.1 cm³/mol. The highest BCUT2D eigenvalue weighted by molar-refractivity contribution is 9.10. The van der Waals surface area contributed by atoms with Gasteiger partial charge in [0.05, 0.1) is 30.7 Å². The van der Waals surface area contributed by atoms with E-state index in [1.807, 2.05) is 31.2 Å². The van der Waals surface area contributed by atoms with Gasteiger partial charge in [0.2, 0.25) is 5.88 Å². The summed E-state index contributed by atoms with van der Waals surface area (Å²) >= 11 is 3.43. The molecule has 5 heteroatoms. The summed E-state index contributed by atoms with van der Waals surface area (Å²) in [6.07, 6.45) is 0.757. The third-order valence-corrected chi connectivity index (χ3v) is 3.25. The van der Waals surface area contributed by atoms with Crippen LogP contribution in [0.5, 0.6) is 5.88 Å². The number of aryl methyl sites for hydroxylation is 1. The van der Waals surface area contributed by atoms with E-state index in [1.165, 1.54) is 0 Å². The van der Waals surface area contributed by atoms with Crippen LogP contribution < -0.4 is 4.74 Å². The van der Waals surface area contributed by atoms with Gasteiger partial charge in [-0.2, -0.15) is 5.10 Å². The zero-order valence-electron chi connectivity index (χ0n) is 10.4. The highest BCUT2D eigenvalue weighted by atomic mass is 79.9. The minimum atomic E-state index is -0.0691. The number of aliphatic hydroxyl groups is 1. The third-order valence-electron chi connectivity index (χ3n) is 2.76. The molecule has 0 aliphatic heterocycles. The average Bonchev–Trinajstić information content (AvgIpc) is 2.76. The normalized spacial score (nSPS) is 10.7. The SMILES string of the molecule is CCc1nn(-c2cccc(Br)c2)c(OC)c1CO. The molecule has 0 spiro atoms. The lowest BCUT2D eigenvalue weighted by molar-refractivity contribution is 0.271. The Morgan fingerprint density at radius 2 is 2.22 bits per heavy atom. The second-order valence-electron chi connectivity index (χ2n) is 3.84. The molecule has 0 aliphatic carbocycles. The van der Waals surface area contributed by atoms with E-state index >= 15 is 0 Å². The van der Waals surface area contributed by atoms with Gasteiger partial charge < -0.3 is 9.84 Å². The van der Waals surface area contributed by atoms with Crippen LogP contribution in [0.4, 0.5) is 0 Å². The van der Waals surface area contributed by atoms with Crippen LogP contribution in [-0.2, 0) is 13.0 Å². The standard InChI is InChI=1S/C13H15BrN2O2/c1-3-12-11(8-17)13(18-2)16(15-12)10-6-4-5-9(14)7-10/h4-7,17H,3,8H2,1-2H3. The van der Waals surface area contributed by atoms with Crippen molar-refractivity contribution in [3.63, 3.8) is 0 Å². The molecule has 0 saturated carbocycles. The first-order valence-electron chi connectivity index (χ1n) is 5.72. The van der Waals surface area contributed by atoms with Gasteiger partial charge in [-0.15, -0.1) is 0 Å². The predicted octanol–water partition coefficient (Wildman–Crippen LogP) is 2.70. The van der Waals surface area contributed by atoms with Crippen LogP contribution >= 0.6 is 15.9 Å². The van der Waals surface area contributed by atoms with Gasteiger partial charge in [-0.3, -0.25) is 0 Å². The van der Waals surface area contributed by atoms with E-state index in [-0.39, 0.29) is 6.61 Å². The van der Waals surface area contributed by atoms with Crippen molar-refractivity contribution < 1.29 is 9.84 Å². The number of hydrogen-bond acceptors (Lipinski definition) is 3. The number of rotatable bonds is 4. The maximum Gasteiger partial charge on any atom is 0.222 e. The van der Waals surface area contributed by atoms with Crippen molar-refractivity contribution in [1.82, 2.24) is 9.78 Å². The molecule has 0 amide bonds. The van der Waals surface area contributed by atoms with Crippen molar-refractivity contribution in [2.24, 2.45) is 0 Å². The van der Waals surface area contributed by atoms with Gasteiger partial charge in [0.15, 0.2) is 0 Å². The maximum absolute atomic E-state index is 9.43. The Bertz CT molecular complexity index is 552. The highest BCUT2D eigenvalue weighted by Crippen LogP contribution is 2.27. The van der Waals surface area contributed by atoms with Crippen molar-refractivity contribution in [1.29, 1.82) is 0 Å². The molecule has 2 aromatic rings. The number of nitrogens with zero attached hydrogens (tertiary/aromatic N) is 2. The Labute approximate surface area is 114 Å². The van der Waals surface area contributed by atoms with Crippen LogP contribution in [0.2, 0.25) is 0 Å². The number of ether oxygens (including phenoxy) is 1. The Kier molecular flexibility index (Phi) is 4.04. The molecule has 0 radical (unpaired) electrons. The fourth-order valence-electron chi connectivity index (χ4n) is 1.91. The molecule has 2 rings (SSSR count). The molecule has 0 aliphatic rings. The van der Waals surface area contributed by atoms with E-state index in [0.29, 0.717) is 5.88 Å². The average molecular weight is 311 g/mol. The molecule has 1 aromatic carbocycles. The zero-order chi connectivity index (χ0) is 13.1. The van der Waals surface area contributed by atoms with E-state index in [4.69, 9.17) is 4.74 Å². The molecule has 0 atom stereocenters. The summed E-state index contributed by atoms with van der Waals surface area (Å²) in [4.78, 5) is 0. The lowest BCUT2D eigenvalue weighted by Crippen LogP contribution is -2.00. The Morgan fingerprint density at radius 1 is 1.44 bits per heavy atom. The van der Waals surface area contributed by atoms with Crippen LogP contribution in [-0.4, -0.2) is 22.0 Å². The van der Waals surface area contributed by atoms with Gasteiger partial charge in [-0.05, 0) is 24.6 Å². The zero-order valence-corrected chi connectivity index (χ0v) is 11.9. The summed E-state index contributed by atoms with van der Waals surface area (Å²) in [6.45, 7) is 1.94. The first-order chi connectivity index (χ1) is 8.71. The lowest BCUT2D eigenvalue weighted by atomic mass is 10.2. The maximum atomic E-state index is 9.43. The van der Waals surface area contributed by atoms with Crippen LogP contribution in [0.25, 0.3) is 5.69 Å². The second kappa shape index (κ2) is 5.54. The van der Waals surface area contributed by atoms with E-state index in [2.05, 4.69) is 21.0 Å². The Morgan fingerprint density at radius 3 is 2.78 bits per heavy atom. The van der Waals surface area contributed by atoms with Gasteiger partial charge in [0.1, 0.15) is 0 Å². The molecule has 4 nitrogen and oxygen atoms in total. The molecular formula is C13H15BrN2O2. The lowest BCUT2D eigenvalue weighted by Gasteiger charge is -2.07. The first-order valence-corrected chi connectivity index (χ1v) is 6.52. The van der Waals surface area contributed by atoms with Crippen LogP contribution in [0.15, 0.2) is 28.7 Å². The van der Waals surface area contributed by atoms with Crippen LogP contribution in [0.1, 0.15) is 18.2 Å².